The number of hydrogen-bond donors (Lipinski definition) is 0. The van der Waals surface area contributed by atoms with Crippen molar-refractivity contribution in [2.45, 2.75) is 90.9 Å². The number of ether oxygens (including phenoxy) is 3. The van der Waals surface area contributed by atoms with E-state index >= 15 is 0 Å². The number of aryl methyl sites for hydroxylation is 1. The summed E-state index contributed by atoms with van der Waals surface area (Å²) in [5.41, 5.74) is 1.41. The molecule has 0 aliphatic carbocycles. The van der Waals surface area contributed by atoms with E-state index in [0.29, 0.717) is 26.4 Å². The summed E-state index contributed by atoms with van der Waals surface area (Å²) in [4.78, 5) is 0. The molecule has 0 N–H and O–H groups in total. The van der Waals surface area contributed by atoms with Gasteiger partial charge in [0.15, 0.2) is 0 Å². The van der Waals surface area contributed by atoms with Gasteiger partial charge in [0.25, 0.3) is 0 Å². The van der Waals surface area contributed by atoms with E-state index in [1.807, 2.05) is 0 Å². The third kappa shape index (κ3) is 14.9. The van der Waals surface area contributed by atoms with Crippen molar-refractivity contribution in [2.75, 3.05) is 33.0 Å². The molecule has 0 aliphatic rings. The molecule has 0 amide bonds. The molecule has 0 heterocycles. The van der Waals surface area contributed by atoms with Crippen LogP contribution >= 0.6 is 0 Å². The van der Waals surface area contributed by atoms with Gasteiger partial charge >= 0.3 is 0 Å². The van der Waals surface area contributed by atoms with E-state index in [4.69, 9.17) is 14.2 Å². The van der Waals surface area contributed by atoms with E-state index in [9.17, 15) is 0 Å². The second kappa shape index (κ2) is 19.3. The van der Waals surface area contributed by atoms with Crippen molar-refractivity contribution in [2.24, 2.45) is 0 Å². The third-order valence-electron chi connectivity index (χ3n) is 5.00. The first-order valence-electron chi connectivity index (χ1n) is 11.7. The lowest BCUT2D eigenvalue weighted by Gasteiger charge is -2.09. The first-order chi connectivity index (χ1) is 13.9. The van der Waals surface area contributed by atoms with Gasteiger partial charge in [-0.05, 0) is 37.0 Å². The van der Waals surface area contributed by atoms with Crippen LogP contribution in [0.25, 0.3) is 0 Å². The Morgan fingerprint density at radius 3 is 1.75 bits per heavy atom. The summed E-state index contributed by atoms with van der Waals surface area (Å²) in [5.74, 6) is 0.929. The van der Waals surface area contributed by atoms with E-state index < -0.39 is 0 Å². The van der Waals surface area contributed by atoms with Gasteiger partial charge in [0.05, 0.1) is 19.8 Å². The molecule has 3 heteroatoms. The number of hydrogen-bond acceptors (Lipinski definition) is 3. The Kier molecular flexibility index (Phi) is 17.2. The van der Waals surface area contributed by atoms with E-state index in [1.54, 1.807) is 0 Å². The minimum Gasteiger partial charge on any atom is -0.491 e. The third-order valence-corrected chi connectivity index (χ3v) is 5.00. The summed E-state index contributed by atoms with van der Waals surface area (Å²) in [6.07, 6.45) is 15.7. The van der Waals surface area contributed by atoms with Crippen LogP contribution in [0.4, 0.5) is 0 Å². The standard InChI is InChI=1S/C25H44O3/c1-3-5-7-9-10-12-14-24-15-17-25(18-16-24)28-23-22-27-21-20-26-19-13-11-8-6-4-2/h15-18H,3-14,19-23H2,1-2H3. The smallest absolute Gasteiger partial charge is 0.119 e. The fraction of sp³-hybridized carbons (Fsp3) is 0.760. The van der Waals surface area contributed by atoms with Gasteiger partial charge in [0, 0.05) is 6.61 Å². The van der Waals surface area contributed by atoms with Crippen LogP contribution in [0.5, 0.6) is 5.75 Å². The highest BCUT2D eigenvalue weighted by atomic mass is 16.5. The Balaban J connectivity index is 1.91. The Morgan fingerprint density at radius 1 is 0.536 bits per heavy atom. The molecule has 0 spiro atoms. The molecule has 0 atom stereocenters. The van der Waals surface area contributed by atoms with Crippen molar-refractivity contribution in [3.63, 3.8) is 0 Å². The maximum absolute atomic E-state index is 5.75. The average Bonchev–Trinajstić information content (AvgIpc) is 2.72. The maximum Gasteiger partial charge on any atom is 0.119 e. The van der Waals surface area contributed by atoms with Gasteiger partial charge in [-0.15, -0.1) is 0 Å². The lowest BCUT2D eigenvalue weighted by molar-refractivity contribution is 0.0352. The second-order valence-corrected chi connectivity index (χ2v) is 7.65. The normalized spacial score (nSPS) is 11.1. The molecule has 1 aromatic carbocycles. The zero-order chi connectivity index (χ0) is 20.1. The van der Waals surface area contributed by atoms with Crippen LogP contribution < -0.4 is 4.74 Å². The van der Waals surface area contributed by atoms with Gasteiger partial charge in [-0.2, -0.15) is 0 Å². The van der Waals surface area contributed by atoms with Gasteiger partial charge in [-0.1, -0.05) is 83.8 Å². The largest absolute Gasteiger partial charge is 0.491 e. The summed E-state index contributed by atoms with van der Waals surface area (Å²) < 4.78 is 16.9. The van der Waals surface area contributed by atoms with Gasteiger partial charge < -0.3 is 14.2 Å². The van der Waals surface area contributed by atoms with Crippen LogP contribution in [0, 0.1) is 0 Å². The summed E-state index contributed by atoms with van der Waals surface area (Å²) in [5, 5.41) is 0. The minimum atomic E-state index is 0.591. The topological polar surface area (TPSA) is 27.7 Å². The molecule has 0 bridgehead atoms. The van der Waals surface area contributed by atoms with Crippen LogP contribution in [0.2, 0.25) is 0 Å². The Hall–Kier alpha value is -1.06. The lowest BCUT2D eigenvalue weighted by Crippen LogP contribution is -2.11. The molecule has 28 heavy (non-hydrogen) atoms. The maximum atomic E-state index is 5.75. The zero-order valence-electron chi connectivity index (χ0n) is 18.6. The van der Waals surface area contributed by atoms with Crippen LogP contribution in [0.15, 0.2) is 24.3 Å². The summed E-state index contributed by atoms with van der Waals surface area (Å²) in [6, 6.07) is 8.54. The predicted octanol–water partition coefficient (Wildman–Crippen LogP) is 6.97. The highest BCUT2D eigenvalue weighted by Gasteiger charge is 1.98. The van der Waals surface area contributed by atoms with Crippen molar-refractivity contribution in [1.29, 1.82) is 0 Å². The molecular weight excluding hydrogens is 348 g/mol. The fourth-order valence-electron chi connectivity index (χ4n) is 3.21. The molecule has 0 aliphatic heterocycles. The molecule has 1 rings (SSSR count). The number of benzene rings is 1. The Bertz CT molecular complexity index is 430. The molecule has 1 aromatic rings. The van der Waals surface area contributed by atoms with E-state index in [2.05, 4.69) is 38.1 Å². The minimum absolute atomic E-state index is 0.591. The van der Waals surface area contributed by atoms with E-state index in [-0.39, 0.29) is 0 Å². The first kappa shape index (κ1) is 25.0. The molecular formula is C25H44O3. The van der Waals surface area contributed by atoms with Crippen molar-refractivity contribution < 1.29 is 14.2 Å². The van der Waals surface area contributed by atoms with Crippen LogP contribution in [0.1, 0.15) is 90.0 Å². The molecule has 3 nitrogen and oxygen atoms in total. The summed E-state index contributed by atoms with van der Waals surface area (Å²) in [6.45, 7) is 7.89. The molecule has 0 unspecified atom stereocenters. The van der Waals surface area contributed by atoms with Crippen molar-refractivity contribution in [3.05, 3.63) is 29.8 Å². The van der Waals surface area contributed by atoms with Crippen LogP contribution in [-0.4, -0.2) is 33.0 Å². The van der Waals surface area contributed by atoms with E-state index in [1.165, 1.54) is 76.2 Å². The van der Waals surface area contributed by atoms with Gasteiger partial charge in [0.2, 0.25) is 0 Å². The quantitative estimate of drug-likeness (QED) is 0.224. The Morgan fingerprint density at radius 2 is 1.07 bits per heavy atom. The molecule has 0 saturated carbocycles. The zero-order valence-corrected chi connectivity index (χ0v) is 18.6. The van der Waals surface area contributed by atoms with Gasteiger partial charge in [-0.25, -0.2) is 0 Å². The summed E-state index contributed by atoms with van der Waals surface area (Å²) >= 11 is 0. The molecule has 0 fully saturated rings. The fourth-order valence-corrected chi connectivity index (χ4v) is 3.21. The first-order valence-corrected chi connectivity index (χ1v) is 11.7. The van der Waals surface area contributed by atoms with Crippen molar-refractivity contribution >= 4 is 0 Å². The monoisotopic (exact) mass is 392 g/mol. The van der Waals surface area contributed by atoms with E-state index in [0.717, 1.165) is 18.8 Å². The molecule has 0 aromatic heterocycles. The highest BCUT2D eigenvalue weighted by molar-refractivity contribution is 5.27. The average molecular weight is 393 g/mol. The lowest BCUT2D eigenvalue weighted by atomic mass is 10.0. The molecule has 162 valence electrons. The molecule has 0 radical (unpaired) electrons. The van der Waals surface area contributed by atoms with Crippen LogP contribution in [-0.2, 0) is 15.9 Å². The molecule has 0 saturated heterocycles. The van der Waals surface area contributed by atoms with Crippen molar-refractivity contribution in [3.8, 4) is 5.75 Å². The van der Waals surface area contributed by atoms with Gasteiger partial charge in [0.1, 0.15) is 12.4 Å². The highest BCUT2D eigenvalue weighted by Crippen LogP contribution is 2.15. The number of unbranched alkanes of at least 4 members (excludes halogenated alkanes) is 9. The van der Waals surface area contributed by atoms with Gasteiger partial charge in [-0.3, -0.25) is 0 Å². The summed E-state index contributed by atoms with van der Waals surface area (Å²) in [7, 11) is 0. The Labute approximate surface area is 174 Å². The van der Waals surface area contributed by atoms with Crippen LogP contribution in [0.3, 0.4) is 0 Å². The number of rotatable bonds is 20. The second-order valence-electron chi connectivity index (χ2n) is 7.65. The SMILES string of the molecule is CCCCCCCCc1ccc(OCCOCCOCCCCCCC)cc1. The predicted molar refractivity (Wildman–Crippen MR) is 119 cm³/mol. The van der Waals surface area contributed by atoms with Crippen molar-refractivity contribution in [1.82, 2.24) is 0 Å².